The van der Waals surface area contributed by atoms with Crippen LogP contribution in [-0.2, 0) is 10.9 Å². The number of anilines is 1. The summed E-state index contributed by atoms with van der Waals surface area (Å²) in [5.74, 6) is -1.39. The Labute approximate surface area is 119 Å². The number of hydrogen-bond acceptors (Lipinski definition) is 3. The molecule has 116 valence electrons. The SMILES string of the molecule is O=C(O)c1cc(C(F)(F)F)ccc1NCCC1CCCO1. The van der Waals surface area contributed by atoms with E-state index in [1.807, 2.05) is 0 Å². The van der Waals surface area contributed by atoms with E-state index in [4.69, 9.17) is 9.84 Å². The summed E-state index contributed by atoms with van der Waals surface area (Å²) >= 11 is 0. The molecule has 0 aliphatic carbocycles. The van der Waals surface area contributed by atoms with Gasteiger partial charge < -0.3 is 15.2 Å². The lowest BCUT2D eigenvalue weighted by atomic mass is 10.1. The first-order chi connectivity index (χ1) is 9.88. The smallest absolute Gasteiger partial charge is 0.416 e. The van der Waals surface area contributed by atoms with Gasteiger partial charge in [-0.2, -0.15) is 13.2 Å². The number of aromatic carboxylic acids is 1. The number of benzene rings is 1. The summed E-state index contributed by atoms with van der Waals surface area (Å²) in [6, 6.07) is 2.68. The number of carboxylic acid groups (broad SMARTS) is 1. The average molecular weight is 303 g/mol. The number of hydrogen-bond donors (Lipinski definition) is 2. The van der Waals surface area contributed by atoms with Gasteiger partial charge in [-0.3, -0.25) is 0 Å². The number of carboxylic acids is 1. The number of carbonyl (C=O) groups is 1. The largest absolute Gasteiger partial charge is 0.478 e. The predicted molar refractivity (Wildman–Crippen MR) is 70.5 cm³/mol. The zero-order chi connectivity index (χ0) is 15.5. The minimum atomic E-state index is -4.56. The second-order valence-corrected chi connectivity index (χ2v) is 4.91. The molecule has 4 nitrogen and oxygen atoms in total. The summed E-state index contributed by atoms with van der Waals surface area (Å²) in [7, 11) is 0. The minimum Gasteiger partial charge on any atom is -0.478 e. The Hall–Kier alpha value is -1.76. The number of alkyl halides is 3. The molecular weight excluding hydrogens is 287 g/mol. The molecule has 1 atom stereocenters. The Bertz CT molecular complexity index is 511. The molecule has 1 saturated heterocycles. The van der Waals surface area contributed by atoms with Crippen molar-refractivity contribution in [2.24, 2.45) is 0 Å². The van der Waals surface area contributed by atoms with E-state index in [-0.39, 0.29) is 17.4 Å². The van der Waals surface area contributed by atoms with Crippen molar-refractivity contribution >= 4 is 11.7 Å². The highest BCUT2D eigenvalue weighted by atomic mass is 19.4. The van der Waals surface area contributed by atoms with Gasteiger partial charge in [-0.15, -0.1) is 0 Å². The van der Waals surface area contributed by atoms with Gasteiger partial charge in [0.1, 0.15) is 0 Å². The minimum absolute atomic E-state index is 0.139. The molecular formula is C14H16F3NO3. The zero-order valence-corrected chi connectivity index (χ0v) is 11.2. The molecule has 0 radical (unpaired) electrons. The van der Waals surface area contributed by atoms with Crippen LogP contribution in [0.1, 0.15) is 35.2 Å². The van der Waals surface area contributed by atoms with E-state index >= 15 is 0 Å². The van der Waals surface area contributed by atoms with Gasteiger partial charge in [-0.1, -0.05) is 0 Å². The Balaban J connectivity index is 2.05. The Morgan fingerprint density at radius 1 is 1.43 bits per heavy atom. The lowest BCUT2D eigenvalue weighted by Crippen LogP contribution is -2.15. The van der Waals surface area contributed by atoms with Gasteiger partial charge in [-0.25, -0.2) is 4.79 Å². The molecule has 1 heterocycles. The first-order valence-electron chi connectivity index (χ1n) is 6.68. The van der Waals surface area contributed by atoms with Crippen LogP contribution in [0.25, 0.3) is 0 Å². The molecule has 0 amide bonds. The molecule has 0 spiro atoms. The van der Waals surface area contributed by atoms with Crippen LogP contribution in [0.4, 0.5) is 18.9 Å². The highest BCUT2D eigenvalue weighted by Gasteiger charge is 2.31. The quantitative estimate of drug-likeness (QED) is 0.875. The van der Waals surface area contributed by atoms with Crippen molar-refractivity contribution < 1.29 is 27.8 Å². The van der Waals surface area contributed by atoms with Crippen molar-refractivity contribution in [3.63, 3.8) is 0 Å². The summed E-state index contributed by atoms with van der Waals surface area (Å²) in [6.45, 7) is 1.18. The maximum absolute atomic E-state index is 12.6. The van der Waals surface area contributed by atoms with Crippen LogP contribution in [0, 0.1) is 0 Å². The van der Waals surface area contributed by atoms with E-state index in [0.29, 0.717) is 19.0 Å². The van der Waals surface area contributed by atoms with Gasteiger partial charge in [-0.05, 0) is 37.5 Å². The van der Waals surface area contributed by atoms with Crippen LogP contribution >= 0.6 is 0 Å². The molecule has 0 aromatic heterocycles. The molecule has 1 aromatic rings. The fraction of sp³-hybridized carbons (Fsp3) is 0.500. The van der Waals surface area contributed by atoms with Crippen molar-refractivity contribution in [1.29, 1.82) is 0 Å². The lowest BCUT2D eigenvalue weighted by molar-refractivity contribution is -0.137. The lowest BCUT2D eigenvalue weighted by Gasteiger charge is -2.14. The highest BCUT2D eigenvalue weighted by Crippen LogP contribution is 2.32. The third kappa shape index (κ3) is 4.10. The number of rotatable bonds is 5. The predicted octanol–water partition coefficient (Wildman–Crippen LogP) is 3.38. The summed E-state index contributed by atoms with van der Waals surface area (Å²) in [5.41, 5.74) is -1.16. The van der Waals surface area contributed by atoms with E-state index < -0.39 is 17.7 Å². The van der Waals surface area contributed by atoms with Crippen molar-refractivity contribution in [3.8, 4) is 0 Å². The van der Waals surface area contributed by atoms with Crippen LogP contribution in [0.2, 0.25) is 0 Å². The van der Waals surface area contributed by atoms with Crippen LogP contribution in [0.15, 0.2) is 18.2 Å². The molecule has 0 bridgehead atoms. The molecule has 21 heavy (non-hydrogen) atoms. The Morgan fingerprint density at radius 3 is 2.76 bits per heavy atom. The van der Waals surface area contributed by atoms with Crippen LogP contribution in [-0.4, -0.2) is 30.3 Å². The van der Waals surface area contributed by atoms with Gasteiger partial charge in [0.2, 0.25) is 0 Å². The summed E-state index contributed by atoms with van der Waals surface area (Å²) in [5, 5.41) is 11.9. The molecule has 1 fully saturated rings. The van der Waals surface area contributed by atoms with Gasteiger partial charge >= 0.3 is 12.1 Å². The topological polar surface area (TPSA) is 58.6 Å². The molecule has 2 rings (SSSR count). The summed E-state index contributed by atoms with van der Waals surface area (Å²) in [4.78, 5) is 11.1. The zero-order valence-electron chi connectivity index (χ0n) is 11.2. The maximum Gasteiger partial charge on any atom is 0.416 e. The number of nitrogens with one attached hydrogen (secondary N) is 1. The van der Waals surface area contributed by atoms with E-state index in [9.17, 15) is 18.0 Å². The first kappa shape index (κ1) is 15.6. The number of halogens is 3. The molecule has 7 heteroatoms. The molecule has 2 N–H and O–H groups in total. The fourth-order valence-corrected chi connectivity index (χ4v) is 2.29. The van der Waals surface area contributed by atoms with Crippen molar-refractivity contribution in [1.82, 2.24) is 0 Å². The monoisotopic (exact) mass is 303 g/mol. The Kier molecular flexibility index (Phi) is 4.72. The van der Waals surface area contributed by atoms with Gasteiger partial charge in [0, 0.05) is 18.8 Å². The van der Waals surface area contributed by atoms with Crippen LogP contribution in [0.5, 0.6) is 0 Å². The van der Waals surface area contributed by atoms with E-state index in [1.54, 1.807) is 0 Å². The molecule has 1 aliphatic heterocycles. The standard InChI is InChI=1S/C14H16F3NO3/c15-14(16,17)9-3-4-12(11(8-9)13(19)20)18-6-5-10-2-1-7-21-10/h3-4,8,10,18H,1-2,5-7H2,(H,19,20). The van der Waals surface area contributed by atoms with Crippen molar-refractivity contribution in [2.75, 3.05) is 18.5 Å². The molecule has 0 saturated carbocycles. The van der Waals surface area contributed by atoms with Gasteiger partial charge in [0.15, 0.2) is 0 Å². The van der Waals surface area contributed by atoms with E-state index in [2.05, 4.69) is 5.32 Å². The maximum atomic E-state index is 12.6. The summed E-state index contributed by atoms with van der Waals surface area (Å²) in [6.07, 6.45) is -1.76. The molecule has 1 aromatic carbocycles. The highest BCUT2D eigenvalue weighted by molar-refractivity contribution is 5.94. The number of ether oxygens (including phenoxy) is 1. The van der Waals surface area contributed by atoms with Crippen LogP contribution < -0.4 is 5.32 Å². The van der Waals surface area contributed by atoms with Crippen molar-refractivity contribution in [2.45, 2.75) is 31.5 Å². The molecule has 1 unspecified atom stereocenters. The Morgan fingerprint density at radius 2 is 2.19 bits per heavy atom. The van der Waals surface area contributed by atoms with E-state index in [0.717, 1.165) is 31.6 Å². The summed E-state index contributed by atoms with van der Waals surface area (Å²) < 4.78 is 43.2. The first-order valence-corrected chi connectivity index (χ1v) is 6.68. The molecule has 1 aliphatic rings. The van der Waals surface area contributed by atoms with Crippen molar-refractivity contribution in [3.05, 3.63) is 29.3 Å². The normalized spacial score (nSPS) is 18.7. The van der Waals surface area contributed by atoms with Gasteiger partial charge in [0.25, 0.3) is 0 Å². The second-order valence-electron chi connectivity index (χ2n) is 4.91. The fourth-order valence-electron chi connectivity index (χ4n) is 2.29. The third-order valence-corrected chi connectivity index (χ3v) is 3.38. The second kappa shape index (κ2) is 6.34. The average Bonchev–Trinajstić information content (AvgIpc) is 2.90. The van der Waals surface area contributed by atoms with Gasteiger partial charge in [0.05, 0.1) is 17.2 Å². The third-order valence-electron chi connectivity index (χ3n) is 3.38. The van der Waals surface area contributed by atoms with E-state index in [1.165, 1.54) is 0 Å². The van der Waals surface area contributed by atoms with Crippen LogP contribution in [0.3, 0.4) is 0 Å².